The molecule has 0 aromatic heterocycles. The van der Waals surface area contributed by atoms with Crippen molar-refractivity contribution in [1.82, 2.24) is 10.6 Å². The van der Waals surface area contributed by atoms with Crippen LogP contribution in [0.4, 0.5) is 0 Å². The third-order valence-electron chi connectivity index (χ3n) is 3.36. The minimum Gasteiger partial charge on any atom is -0.548 e. The lowest BCUT2D eigenvalue weighted by molar-refractivity contribution is -0.303. The van der Waals surface area contributed by atoms with Gasteiger partial charge in [-0.2, -0.15) is 0 Å². The molecule has 0 unspecified atom stereocenters. The third-order valence-corrected chi connectivity index (χ3v) is 3.69. The van der Waals surface area contributed by atoms with Gasteiger partial charge in [0.2, 0.25) is 0 Å². The van der Waals surface area contributed by atoms with Crippen LogP contribution in [-0.4, -0.2) is 24.3 Å². The fourth-order valence-electron chi connectivity index (χ4n) is 2.08. The molecule has 0 aliphatic heterocycles. The Morgan fingerprint density at radius 3 is 2.33 bits per heavy atom. The predicted octanol–water partition coefficient (Wildman–Crippen LogP) is 1.53. The first kappa shape index (κ1) is 19.9. The van der Waals surface area contributed by atoms with Crippen molar-refractivity contribution < 1.29 is 19.5 Å². The summed E-state index contributed by atoms with van der Waals surface area (Å²) >= 11 is 5.99. The number of rotatable bonds is 7. The zero-order valence-corrected chi connectivity index (χ0v) is 14.9. The van der Waals surface area contributed by atoms with Gasteiger partial charge in [0.25, 0.3) is 11.8 Å². The van der Waals surface area contributed by atoms with E-state index in [9.17, 15) is 19.5 Å². The number of halogens is 1. The lowest BCUT2D eigenvalue weighted by Gasteiger charge is -2.11. The number of carbonyl (C=O) groups is 3. The highest BCUT2D eigenvalue weighted by atomic mass is 35.5. The Bertz CT molecular complexity index is 892. The first-order valence-electron chi connectivity index (χ1n) is 7.94. The van der Waals surface area contributed by atoms with Gasteiger partial charge in [-0.25, -0.2) is 0 Å². The largest absolute Gasteiger partial charge is 0.548 e. The van der Waals surface area contributed by atoms with Crippen molar-refractivity contribution in [2.45, 2.75) is 0 Å². The second-order valence-corrected chi connectivity index (χ2v) is 5.75. The summed E-state index contributed by atoms with van der Waals surface area (Å²) in [7, 11) is 0. The van der Waals surface area contributed by atoms with Crippen LogP contribution in [0.1, 0.15) is 15.9 Å². The minimum atomic E-state index is -1.44. The number of benzene rings is 2. The molecule has 7 heteroatoms. The number of carbonyl (C=O) groups excluding carboxylic acids is 3. The highest BCUT2D eigenvalue weighted by Gasteiger charge is 2.15. The normalized spacial score (nSPS) is 11.2. The Balaban J connectivity index is 2.20. The van der Waals surface area contributed by atoms with Gasteiger partial charge in [0.1, 0.15) is 5.70 Å². The Morgan fingerprint density at radius 2 is 1.67 bits per heavy atom. The molecule has 0 aliphatic carbocycles. The number of hydrogen-bond donors (Lipinski definition) is 2. The SMILES string of the molecule is O=C([O-])CNC(=O)/C(=C\C=C\c1ccccc1)NC(=O)c1ccccc1Cl. The van der Waals surface area contributed by atoms with E-state index in [0.717, 1.165) is 5.56 Å². The highest BCUT2D eigenvalue weighted by molar-refractivity contribution is 6.34. The second-order valence-electron chi connectivity index (χ2n) is 5.34. The van der Waals surface area contributed by atoms with Gasteiger partial charge < -0.3 is 20.5 Å². The van der Waals surface area contributed by atoms with Gasteiger partial charge in [-0.1, -0.05) is 66.2 Å². The number of allylic oxidation sites excluding steroid dienone is 2. The molecule has 2 rings (SSSR count). The van der Waals surface area contributed by atoms with Gasteiger partial charge in [-0.15, -0.1) is 0 Å². The maximum absolute atomic E-state index is 12.4. The van der Waals surface area contributed by atoms with E-state index >= 15 is 0 Å². The summed E-state index contributed by atoms with van der Waals surface area (Å²) < 4.78 is 0. The van der Waals surface area contributed by atoms with Gasteiger partial charge >= 0.3 is 0 Å². The first-order chi connectivity index (χ1) is 13.0. The van der Waals surface area contributed by atoms with Gasteiger partial charge in [0.05, 0.1) is 23.1 Å². The fourth-order valence-corrected chi connectivity index (χ4v) is 2.30. The summed E-state index contributed by atoms with van der Waals surface area (Å²) in [6.07, 6.45) is 4.66. The number of nitrogens with one attached hydrogen (secondary N) is 2. The molecule has 0 atom stereocenters. The summed E-state index contributed by atoms with van der Waals surface area (Å²) in [5, 5.41) is 15.4. The smallest absolute Gasteiger partial charge is 0.268 e. The van der Waals surface area contributed by atoms with Crippen molar-refractivity contribution in [3.05, 3.63) is 88.6 Å². The molecule has 0 bridgehead atoms. The van der Waals surface area contributed by atoms with E-state index in [2.05, 4.69) is 10.6 Å². The van der Waals surface area contributed by atoms with E-state index in [4.69, 9.17) is 11.6 Å². The quantitative estimate of drug-likeness (QED) is 0.559. The van der Waals surface area contributed by atoms with E-state index in [1.807, 2.05) is 30.3 Å². The molecule has 0 aliphatic rings. The van der Waals surface area contributed by atoms with Crippen molar-refractivity contribution in [2.24, 2.45) is 0 Å². The molecule has 138 valence electrons. The highest BCUT2D eigenvalue weighted by Crippen LogP contribution is 2.15. The summed E-state index contributed by atoms with van der Waals surface area (Å²) in [5.41, 5.74) is 0.943. The number of aliphatic carboxylic acids is 1. The molecule has 27 heavy (non-hydrogen) atoms. The van der Waals surface area contributed by atoms with Crippen molar-refractivity contribution in [3.63, 3.8) is 0 Å². The molecule has 6 nitrogen and oxygen atoms in total. The standard InChI is InChI=1S/C20H17ClN2O4/c21-16-11-5-4-10-15(16)19(26)23-17(20(27)22-13-18(24)25)12-6-9-14-7-2-1-3-8-14/h1-12H,13H2,(H,22,27)(H,23,26)(H,24,25)/p-1/b9-6+,17-12+. The molecular weight excluding hydrogens is 368 g/mol. The second kappa shape index (κ2) is 9.94. The molecular formula is C20H16ClN2O4-. The summed E-state index contributed by atoms with van der Waals surface area (Å²) in [6, 6.07) is 15.7. The van der Waals surface area contributed by atoms with Crippen LogP contribution < -0.4 is 15.7 Å². The molecule has 2 N–H and O–H groups in total. The number of hydrogen-bond acceptors (Lipinski definition) is 4. The van der Waals surface area contributed by atoms with E-state index in [1.54, 1.807) is 30.4 Å². The minimum absolute atomic E-state index is 0.131. The zero-order chi connectivity index (χ0) is 19.6. The van der Waals surface area contributed by atoms with E-state index in [0.29, 0.717) is 0 Å². The lowest BCUT2D eigenvalue weighted by Crippen LogP contribution is -2.41. The zero-order valence-electron chi connectivity index (χ0n) is 14.1. The Hall–Kier alpha value is -3.38. The van der Waals surface area contributed by atoms with Gasteiger partial charge in [-0.05, 0) is 23.8 Å². The van der Waals surface area contributed by atoms with Crippen LogP contribution in [0.25, 0.3) is 6.08 Å². The van der Waals surface area contributed by atoms with Gasteiger partial charge in [0, 0.05) is 0 Å². The molecule has 0 spiro atoms. The molecule has 0 fully saturated rings. The Labute approximate surface area is 161 Å². The van der Waals surface area contributed by atoms with E-state index in [1.165, 1.54) is 12.1 Å². The van der Waals surface area contributed by atoms with Crippen LogP contribution in [0.2, 0.25) is 5.02 Å². The molecule has 0 heterocycles. The number of amides is 2. The summed E-state index contributed by atoms with van der Waals surface area (Å²) in [6.45, 7) is -0.680. The molecule has 0 saturated heterocycles. The van der Waals surface area contributed by atoms with Gasteiger partial charge in [-0.3, -0.25) is 9.59 Å². The van der Waals surface area contributed by atoms with Crippen LogP contribution >= 0.6 is 11.6 Å². The molecule has 0 saturated carbocycles. The molecule has 2 aromatic rings. The van der Waals surface area contributed by atoms with E-state index < -0.39 is 24.3 Å². The number of carboxylic acid groups (broad SMARTS) is 1. The predicted molar refractivity (Wildman–Crippen MR) is 100 cm³/mol. The van der Waals surface area contributed by atoms with Crippen molar-refractivity contribution >= 4 is 35.5 Å². The Morgan fingerprint density at radius 1 is 1.00 bits per heavy atom. The average molecular weight is 384 g/mol. The van der Waals surface area contributed by atoms with Crippen molar-refractivity contribution in [3.8, 4) is 0 Å². The van der Waals surface area contributed by atoms with E-state index in [-0.39, 0.29) is 16.3 Å². The first-order valence-corrected chi connectivity index (χ1v) is 8.32. The third kappa shape index (κ3) is 6.45. The van der Waals surface area contributed by atoms with Crippen LogP contribution in [0.15, 0.2) is 72.4 Å². The molecule has 0 radical (unpaired) electrons. The van der Waals surface area contributed by atoms with Gasteiger partial charge in [0.15, 0.2) is 0 Å². The monoisotopic (exact) mass is 383 g/mol. The maximum atomic E-state index is 12.4. The summed E-state index contributed by atoms with van der Waals surface area (Å²) in [5.74, 6) is -2.80. The fraction of sp³-hybridized carbons (Fsp3) is 0.0500. The van der Waals surface area contributed by atoms with Crippen LogP contribution in [0.5, 0.6) is 0 Å². The van der Waals surface area contributed by atoms with Crippen LogP contribution in [0, 0.1) is 0 Å². The molecule has 2 aromatic carbocycles. The van der Waals surface area contributed by atoms with Crippen molar-refractivity contribution in [2.75, 3.05) is 6.54 Å². The lowest BCUT2D eigenvalue weighted by atomic mass is 10.2. The van der Waals surface area contributed by atoms with Crippen molar-refractivity contribution in [1.29, 1.82) is 0 Å². The maximum Gasteiger partial charge on any atom is 0.268 e. The topological polar surface area (TPSA) is 98.3 Å². The Kier molecular flexibility index (Phi) is 7.34. The van der Waals surface area contributed by atoms with Crippen LogP contribution in [-0.2, 0) is 9.59 Å². The molecule has 2 amide bonds. The average Bonchev–Trinajstić information content (AvgIpc) is 2.66. The van der Waals surface area contributed by atoms with Crippen LogP contribution in [0.3, 0.4) is 0 Å². The summed E-state index contributed by atoms with van der Waals surface area (Å²) in [4.78, 5) is 35.1. The number of carboxylic acids is 1.